The van der Waals surface area contributed by atoms with E-state index >= 15 is 0 Å². The van der Waals surface area contributed by atoms with E-state index in [9.17, 15) is 13.2 Å². The lowest BCUT2D eigenvalue weighted by Crippen LogP contribution is -2.34. The molecule has 10 heteroatoms. The van der Waals surface area contributed by atoms with E-state index in [4.69, 9.17) is 9.47 Å². The zero-order valence-electron chi connectivity index (χ0n) is 16.0. The van der Waals surface area contributed by atoms with Gasteiger partial charge in [-0.2, -0.15) is 13.2 Å². The molecule has 1 aromatic carbocycles. The highest BCUT2D eigenvalue weighted by molar-refractivity contribution is 14.0. The molecule has 0 saturated carbocycles. The number of methoxy groups -OCH3 is 1. The molecule has 0 aliphatic rings. The van der Waals surface area contributed by atoms with Crippen LogP contribution in [0, 0.1) is 0 Å². The van der Waals surface area contributed by atoms with E-state index in [2.05, 4.69) is 15.6 Å². The van der Waals surface area contributed by atoms with Crippen LogP contribution >= 0.6 is 24.0 Å². The van der Waals surface area contributed by atoms with Gasteiger partial charge in [0.05, 0.1) is 26.8 Å². The number of rotatable bonds is 9. The van der Waals surface area contributed by atoms with E-state index in [1.165, 1.54) is 11.9 Å². The fourth-order valence-corrected chi connectivity index (χ4v) is 2.18. The molecule has 0 bridgehead atoms. The number of likely N-dealkylation sites (N-methyl/N-ethyl adjacent to an activating group) is 1. The molecule has 27 heavy (non-hydrogen) atoms. The zero-order chi connectivity index (χ0) is 19.6. The van der Waals surface area contributed by atoms with E-state index in [1.54, 1.807) is 19.2 Å². The lowest BCUT2D eigenvalue weighted by molar-refractivity contribution is -0.142. The SMILES string of the molecule is CCNC(=NCCN(C)CC(F)(F)F)Nc1ccc(OCC)c(OC)c1.I. The Morgan fingerprint density at radius 1 is 1.22 bits per heavy atom. The number of ether oxygens (including phenoxy) is 2. The van der Waals surface area contributed by atoms with Crippen molar-refractivity contribution in [2.45, 2.75) is 20.0 Å². The van der Waals surface area contributed by atoms with E-state index < -0.39 is 12.7 Å². The number of hydrogen-bond acceptors (Lipinski definition) is 4. The van der Waals surface area contributed by atoms with E-state index in [0.29, 0.717) is 30.6 Å². The zero-order valence-corrected chi connectivity index (χ0v) is 18.4. The van der Waals surface area contributed by atoms with Crippen molar-refractivity contribution in [3.8, 4) is 11.5 Å². The average Bonchev–Trinajstić information content (AvgIpc) is 2.55. The van der Waals surface area contributed by atoms with E-state index in [-0.39, 0.29) is 37.1 Å². The van der Waals surface area contributed by atoms with Crippen molar-refractivity contribution < 1.29 is 22.6 Å². The third-order valence-electron chi connectivity index (χ3n) is 3.27. The minimum absolute atomic E-state index is 0. The van der Waals surface area contributed by atoms with Crippen LogP contribution in [0.3, 0.4) is 0 Å². The Bertz CT molecular complexity index is 586. The van der Waals surface area contributed by atoms with Crippen molar-refractivity contribution in [2.24, 2.45) is 4.99 Å². The monoisotopic (exact) mass is 504 g/mol. The van der Waals surface area contributed by atoms with Gasteiger partial charge < -0.3 is 20.1 Å². The molecule has 0 atom stereocenters. The Labute approximate surface area is 175 Å². The van der Waals surface area contributed by atoms with Crippen molar-refractivity contribution in [1.82, 2.24) is 10.2 Å². The molecule has 0 aromatic heterocycles. The molecule has 0 spiro atoms. The van der Waals surface area contributed by atoms with Gasteiger partial charge in [-0.05, 0) is 33.0 Å². The Hall–Kier alpha value is -1.43. The number of nitrogens with zero attached hydrogens (tertiary/aromatic N) is 2. The summed E-state index contributed by atoms with van der Waals surface area (Å²) >= 11 is 0. The lowest BCUT2D eigenvalue weighted by Gasteiger charge is -2.18. The normalized spacial score (nSPS) is 11.8. The summed E-state index contributed by atoms with van der Waals surface area (Å²) in [6, 6.07) is 5.37. The molecule has 1 rings (SSSR count). The summed E-state index contributed by atoms with van der Waals surface area (Å²) < 4.78 is 47.8. The van der Waals surface area contributed by atoms with Gasteiger partial charge in [-0.25, -0.2) is 0 Å². The largest absolute Gasteiger partial charge is 0.493 e. The van der Waals surface area contributed by atoms with Gasteiger partial charge in [0.1, 0.15) is 0 Å². The molecule has 0 radical (unpaired) electrons. The highest BCUT2D eigenvalue weighted by atomic mass is 127. The number of alkyl halides is 3. The minimum Gasteiger partial charge on any atom is -0.493 e. The van der Waals surface area contributed by atoms with Crippen molar-refractivity contribution in [1.29, 1.82) is 0 Å². The molecule has 1 aromatic rings. The summed E-state index contributed by atoms with van der Waals surface area (Å²) in [6.07, 6.45) is -4.21. The standard InChI is InChI=1S/C17H27F3N4O2.HI/c1-5-21-16(22-9-10-24(3)12-17(18,19)20)23-13-7-8-14(26-6-2)15(11-13)25-4;/h7-8,11H,5-6,9-10,12H2,1-4H3,(H2,21,22,23);1H. The average molecular weight is 504 g/mol. The van der Waals surface area contributed by atoms with Gasteiger partial charge in [0, 0.05) is 24.8 Å². The maximum absolute atomic E-state index is 12.3. The summed E-state index contributed by atoms with van der Waals surface area (Å²) in [5, 5.41) is 6.16. The van der Waals surface area contributed by atoms with Crippen LogP contribution in [0.25, 0.3) is 0 Å². The van der Waals surface area contributed by atoms with Gasteiger partial charge in [0.2, 0.25) is 0 Å². The minimum atomic E-state index is -4.21. The molecule has 156 valence electrons. The van der Waals surface area contributed by atoms with Gasteiger partial charge in [-0.1, -0.05) is 0 Å². The molecular formula is C17H28F3IN4O2. The quantitative estimate of drug-likeness (QED) is 0.306. The first-order valence-electron chi connectivity index (χ1n) is 8.40. The third-order valence-corrected chi connectivity index (χ3v) is 3.27. The first-order valence-corrected chi connectivity index (χ1v) is 8.40. The molecular weight excluding hydrogens is 476 g/mol. The number of benzene rings is 1. The topological polar surface area (TPSA) is 58.1 Å². The van der Waals surface area contributed by atoms with E-state index in [0.717, 1.165) is 5.69 Å². The van der Waals surface area contributed by atoms with Crippen LogP contribution in [-0.4, -0.2) is 64.0 Å². The number of aliphatic imine (C=N–C) groups is 1. The van der Waals surface area contributed by atoms with Gasteiger partial charge in [-0.3, -0.25) is 9.89 Å². The van der Waals surface area contributed by atoms with Crippen molar-refractivity contribution in [3.05, 3.63) is 18.2 Å². The smallest absolute Gasteiger partial charge is 0.401 e. The number of hydrogen-bond donors (Lipinski definition) is 2. The second kappa shape index (κ2) is 12.9. The molecule has 0 heterocycles. The Morgan fingerprint density at radius 2 is 1.93 bits per heavy atom. The molecule has 0 aliphatic heterocycles. The Balaban J connectivity index is 0.00000676. The molecule has 6 nitrogen and oxygen atoms in total. The number of guanidine groups is 1. The van der Waals surface area contributed by atoms with Gasteiger partial charge in [-0.15, -0.1) is 24.0 Å². The summed E-state index contributed by atoms with van der Waals surface area (Å²) in [6.45, 7) is 4.42. The van der Waals surface area contributed by atoms with Crippen LogP contribution in [0.15, 0.2) is 23.2 Å². The molecule has 0 saturated heterocycles. The Kier molecular flexibility index (Phi) is 12.2. The summed E-state index contributed by atoms with van der Waals surface area (Å²) in [4.78, 5) is 5.49. The van der Waals surface area contributed by atoms with Crippen LogP contribution in [0.5, 0.6) is 11.5 Å². The van der Waals surface area contributed by atoms with Crippen LogP contribution in [-0.2, 0) is 0 Å². The maximum atomic E-state index is 12.3. The van der Waals surface area contributed by atoms with Crippen LogP contribution in [0.4, 0.5) is 18.9 Å². The van der Waals surface area contributed by atoms with Gasteiger partial charge in [0.25, 0.3) is 0 Å². The second-order valence-electron chi connectivity index (χ2n) is 5.54. The summed E-state index contributed by atoms with van der Waals surface area (Å²) in [5.41, 5.74) is 0.730. The summed E-state index contributed by atoms with van der Waals surface area (Å²) in [5.74, 6) is 1.70. The number of nitrogens with one attached hydrogen (secondary N) is 2. The van der Waals surface area contributed by atoms with Crippen LogP contribution in [0.1, 0.15) is 13.8 Å². The number of halogens is 4. The first-order chi connectivity index (χ1) is 12.3. The van der Waals surface area contributed by atoms with Gasteiger partial charge in [0.15, 0.2) is 17.5 Å². The molecule has 0 unspecified atom stereocenters. The molecule has 0 aliphatic carbocycles. The molecule has 0 fully saturated rings. The second-order valence-corrected chi connectivity index (χ2v) is 5.54. The summed E-state index contributed by atoms with van der Waals surface area (Å²) in [7, 11) is 2.97. The fraction of sp³-hybridized carbons (Fsp3) is 0.588. The molecule has 2 N–H and O–H groups in total. The third kappa shape index (κ3) is 10.5. The highest BCUT2D eigenvalue weighted by Crippen LogP contribution is 2.30. The maximum Gasteiger partial charge on any atom is 0.401 e. The van der Waals surface area contributed by atoms with Gasteiger partial charge >= 0.3 is 6.18 Å². The lowest BCUT2D eigenvalue weighted by atomic mass is 10.2. The van der Waals surface area contributed by atoms with Crippen molar-refractivity contribution in [2.75, 3.05) is 52.3 Å². The fourth-order valence-electron chi connectivity index (χ4n) is 2.18. The van der Waals surface area contributed by atoms with Crippen molar-refractivity contribution in [3.63, 3.8) is 0 Å². The van der Waals surface area contributed by atoms with Crippen LogP contribution in [0.2, 0.25) is 0 Å². The van der Waals surface area contributed by atoms with Crippen molar-refractivity contribution >= 4 is 35.6 Å². The van der Waals surface area contributed by atoms with E-state index in [1.807, 2.05) is 19.9 Å². The first kappa shape index (κ1) is 25.6. The Morgan fingerprint density at radius 3 is 2.48 bits per heavy atom. The molecule has 0 amide bonds. The highest BCUT2D eigenvalue weighted by Gasteiger charge is 2.28. The predicted molar refractivity (Wildman–Crippen MR) is 113 cm³/mol. The predicted octanol–water partition coefficient (Wildman–Crippen LogP) is 3.58. The van der Waals surface area contributed by atoms with Crippen LogP contribution < -0.4 is 20.1 Å². The number of anilines is 1.